The SMILES string of the molecule is O=C(Nc1ccc(Oc2cccc(F)c2)cc1)c1ccc(N2CCCC2=O)cc1. The number of rotatable bonds is 5. The van der Waals surface area contributed by atoms with Gasteiger partial charge in [-0.3, -0.25) is 9.59 Å². The third kappa shape index (κ3) is 4.43. The first kappa shape index (κ1) is 18.7. The van der Waals surface area contributed by atoms with Crippen LogP contribution in [0.1, 0.15) is 23.2 Å². The van der Waals surface area contributed by atoms with Crippen molar-refractivity contribution in [3.8, 4) is 11.5 Å². The van der Waals surface area contributed by atoms with Gasteiger partial charge in [0.2, 0.25) is 5.91 Å². The summed E-state index contributed by atoms with van der Waals surface area (Å²) in [6.07, 6.45) is 1.43. The molecule has 0 unspecified atom stereocenters. The third-order valence-corrected chi connectivity index (χ3v) is 4.66. The maximum Gasteiger partial charge on any atom is 0.255 e. The first-order valence-electron chi connectivity index (χ1n) is 9.34. The summed E-state index contributed by atoms with van der Waals surface area (Å²) in [7, 11) is 0. The van der Waals surface area contributed by atoms with Gasteiger partial charge in [-0.05, 0) is 67.1 Å². The van der Waals surface area contributed by atoms with E-state index in [1.165, 1.54) is 12.1 Å². The largest absolute Gasteiger partial charge is 0.457 e. The quantitative estimate of drug-likeness (QED) is 0.667. The molecule has 0 spiro atoms. The summed E-state index contributed by atoms with van der Waals surface area (Å²) in [6.45, 7) is 0.717. The molecule has 6 heteroatoms. The Bertz CT molecular complexity index is 1030. The molecule has 4 rings (SSSR count). The Morgan fingerprint density at radius 2 is 1.72 bits per heavy atom. The zero-order valence-electron chi connectivity index (χ0n) is 15.6. The molecule has 0 aliphatic carbocycles. The van der Waals surface area contributed by atoms with Gasteiger partial charge >= 0.3 is 0 Å². The number of nitrogens with one attached hydrogen (secondary N) is 1. The van der Waals surface area contributed by atoms with E-state index in [9.17, 15) is 14.0 Å². The fourth-order valence-corrected chi connectivity index (χ4v) is 3.19. The molecule has 3 aromatic rings. The van der Waals surface area contributed by atoms with Crippen LogP contribution in [0.15, 0.2) is 72.8 Å². The van der Waals surface area contributed by atoms with Crippen LogP contribution in [0.2, 0.25) is 0 Å². The van der Waals surface area contributed by atoms with E-state index in [4.69, 9.17) is 4.74 Å². The molecule has 3 aromatic carbocycles. The summed E-state index contributed by atoms with van der Waals surface area (Å²) in [5.41, 5.74) is 1.92. The topological polar surface area (TPSA) is 58.6 Å². The summed E-state index contributed by atoms with van der Waals surface area (Å²) < 4.78 is 18.8. The first-order valence-corrected chi connectivity index (χ1v) is 9.34. The average molecular weight is 390 g/mol. The summed E-state index contributed by atoms with van der Waals surface area (Å²) in [5.74, 6) is 0.434. The fraction of sp³-hybridized carbons (Fsp3) is 0.130. The van der Waals surface area contributed by atoms with E-state index in [0.717, 1.165) is 12.1 Å². The molecule has 0 radical (unpaired) electrons. The van der Waals surface area contributed by atoms with Gasteiger partial charge in [-0.1, -0.05) is 6.07 Å². The van der Waals surface area contributed by atoms with Crippen LogP contribution in [-0.4, -0.2) is 18.4 Å². The number of carbonyl (C=O) groups excluding carboxylic acids is 2. The molecule has 1 N–H and O–H groups in total. The number of carbonyl (C=O) groups is 2. The van der Waals surface area contributed by atoms with Crippen molar-refractivity contribution in [2.45, 2.75) is 12.8 Å². The van der Waals surface area contributed by atoms with Gasteiger partial charge in [0.25, 0.3) is 5.91 Å². The Morgan fingerprint density at radius 1 is 0.966 bits per heavy atom. The highest BCUT2D eigenvalue weighted by molar-refractivity contribution is 6.04. The van der Waals surface area contributed by atoms with E-state index >= 15 is 0 Å². The second kappa shape index (κ2) is 8.14. The minimum atomic E-state index is -0.369. The van der Waals surface area contributed by atoms with E-state index in [2.05, 4.69) is 5.32 Å². The molecule has 0 saturated carbocycles. The minimum Gasteiger partial charge on any atom is -0.457 e. The minimum absolute atomic E-state index is 0.114. The van der Waals surface area contributed by atoms with Crippen molar-refractivity contribution in [2.75, 3.05) is 16.8 Å². The van der Waals surface area contributed by atoms with E-state index in [-0.39, 0.29) is 17.6 Å². The predicted octanol–water partition coefficient (Wildman–Crippen LogP) is 5.00. The van der Waals surface area contributed by atoms with Crippen molar-refractivity contribution >= 4 is 23.2 Å². The molecule has 0 bridgehead atoms. The number of nitrogens with zero attached hydrogens (tertiary/aromatic N) is 1. The van der Waals surface area contributed by atoms with Gasteiger partial charge in [-0.15, -0.1) is 0 Å². The number of hydrogen-bond acceptors (Lipinski definition) is 3. The number of anilines is 2. The van der Waals surface area contributed by atoms with E-state index < -0.39 is 0 Å². The monoisotopic (exact) mass is 390 g/mol. The van der Waals surface area contributed by atoms with Gasteiger partial charge in [0.15, 0.2) is 0 Å². The third-order valence-electron chi connectivity index (χ3n) is 4.66. The maximum absolute atomic E-state index is 13.2. The molecular weight excluding hydrogens is 371 g/mol. The highest BCUT2D eigenvalue weighted by Gasteiger charge is 2.21. The van der Waals surface area contributed by atoms with Crippen LogP contribution in [0.25, 0.3) is 0 Å². The normalized spacial score (nSPS) is 13.4. The Kier molecular flexibility index (Phi) is 5.24. The lowest BCUT2D eigenvalue weighted by molar-refractivity contribution is -0.117. The van der Waals surface area contributed by atoms with E-state index in [1.54, 1.807) is 65.6 Å². The maximum atomic E-state index is 13.2. The van der Waals surface area contributed by atoms with Gasteiger partial charge < -0.3 is 15.0 Å². The number of halogens is 1. The van der Waals surface area contributed by atoms with Crippen molar-refractivity contribution in [2.24, 2.45) is 0 Å². The van der Waals surface area contributed by atoms with Crippen molar-refractivity contribution in [3.05, 3.63) is 84.2 Å². The number of hydrogen-bond donors (Lipinski definition) is 1. The van der Waals surface area contributed by atoms with Crippen molar-refractivity contribution in [1.29, 1.82) is 0 Å². The first-order chi connectivity index (χ1) is 14.1. The molecule has 1 aliphatic rings. The molecule has 1 saturated heterocycles. The van der Waals surface area contributed by atoms with Gasteiger partial charge in [-0.2, -0.15) is 0 Å². The summed E-state index contributed by atoms with van der Waals surface area (Å²) in [4.78, 5) is 26.0. The van der Waals surface area contributed by atoms with Crippen LogP contribution in [-0.2, 0) is 4.79 Å². The van der Waals surface area contributed by atoms with Crippen molar-refractivity contribution < 1.29 is 18.7 Å². The number of amides is 2. The Morgan fingerprint density at radius 3 is 2.38 bits per heavy atom. The molecule has 146 valence electrons. The molecule has 1 fully saturated rings. The summed E-state index contributed by atoms with van der Waals surface area (Å²) >= 11 is 0. The molecule has 0 aromatic heterocycles. The lowest BCUT2D eigenvalue weighted by atomic mass is 10.1. The Hall–Kier alpha value is -3.67. The molecular formula is C23H19FN2O3. The second-order valence-electron chi connectivity index (χ2n) is 6.73. The van der Waals surface area contributed by atoms with Gasteiger partial charge in [0, 0.05) is 36.0 Å². The summed E-state index contributed by atoms with van der Waals surface area (Å²) in [6, 6.07) is 19.7. The second-order valence-corrected chi connectivity index (χ2v) is 6.73. The lowest BCUT2D eigenvalue weighted by Crippen LogP contribution is -2.23. The molecule has 2 amide bonds. The summed E-state index contributed by atoms with van der Waals surface area (Å²) in [5, 5.41) is 2.82. The Balaban J connectivity index is 1.38. The van der Waals surface area contributed by atoms with Crippen LogP contribution >= 0.6 is 0 Å². The number of ether oxygens (including phenoxy) is 1. The highest BCUT2D eigenvalue weighted by atomic mass is 19.1. The molecule has 1 aliphatic heterocycles. The van der Waals surface area contributed by atoms with Gasteiger partial charge in [0.05, 0.1) is 0 Å². The molecule has 5 nitrogen and oxygen atoms in total. The highest BCUT2D eigenvalue weighted by Crippen LogP contribution is 2.24. The van der Waals surface area contributed by atoms with E-state index in [1.807, 2.05) is 0 Å². The standard InChI is InChI=1S/C23H19FN2O3/c24-17-3-1-4-21(15-17)29-20-12-8-18(9-13-20)25-23(28)16-6-10-19(11-7-16)26-14-2-5-22(26)27/h1,3-4,6-13,15H,2,5,14H2,(H,25,28). The molecule has 0 atom stereocenters. The average Bonchev–Trinajstić information content (AvgIpc) is 3.15. The molecule has 1 heterocycles. The number of benzene rings is 3. The van der Waals surface area contributed by atoms with Crippen LogP contribution in [0.4, 0.5) is 15.8 Å². The van der Waals surface area contributed by atoms with Gasteiger partial charge in [-0.25, -0.2) is 4.39 Å². The lowest BCUT2D eigenvalue weighted by Gasteiger charge is -2.15. The van der Waals surface area contributed by atoms with Crippen molar-refractivity contribution in [3.63, 3.8) is 0 Å². The smallest absolute Gasteiger partial charge is 0.255 e. The van der Waals surface area contributed by atoms with Gasteiger partial charge in [0.1, 0.15) is 17.3 Å². The van der Waals surface area contributed by atoms with Crippen molar-refractivity contribution in [1.82, 2.24) is 0 Å². The van der Waals surface area contributed by atoms with Crippen LogP contribution in [0, 0.1) is 5.82 Å². The van der Waals surface area contributed by atoms with Crippen LogP contribution in [0.5, 0.6) is 11.5 Å². The zero-order valence-corrected chi connectivity index (χ0v) is 15.6. The predicted molar refractivity (Wildman–Crippen MR) is 109 cm³/mol. The van der Waals surface area contributed by atoms with Crippen LogP contribution < -0.4 is 15.0 Å². The van der Waals surface area contributed by atoms with Crippen LogP contribution in [0.3, 0.4) is 0 Å². The molecule has 29 heavy (non-hydrogen) atoms. The zero-order chi connectivity index (χ0) is 20.2. The fourth-order valence-electron chi connectivity index (χ4n) is 3.19. The van der Waals surface area contributed by atoms with E-state index in [0.29, 0.717) is 35.7 Å². The Labute approximate surface area is 167 Å².